The van der Waals surface area contributed by atoms with Crippen molar-refractivity contribution >= 4 is 5.78 Å². The van der Waals surface area contributed by atoms with Crippen molar-refractivity contribution < 1.29 is 18.3 Å². The monoisotopic (exact) mass is 254 g/mol. The van der Waals surface area contributed by atoms with Gasteiger partial charge < -0.3 is 4.74 Å². The van der Waals surface area contributed by atoms with Crippen LogP contribution in [0.15, 0.2) is 18.2 Å². The highest BCUT2D eigenvalue weighted by Crippen LogP contribution is 2.45. The summed E-state index contributed by atoms with van der Waals surface area (Å²) in [5.41, 5.74) is -0.529. The molecular weight excluding hydrogens is 238 g/mol. The van der Waals surface area contributed by atoms with Crippen LogP contribution in [0.5, 0.6) is 5.75 Å². The lowest BCUT2D eigenvalue weighted by atomic mass is 9.61. The summed E-state index contributed by atoms with van der Waals surface area (Å²) in [5.74, 6) is -1.89. The molecule has 0 amide bonds. The number of Topliss-reactive ketones (excluding diaryl/α,β-unsaturated/α-hetero) is 1. The van der Waals surface area contributed by atoms with E-state index in [0.717, 1.165) is 6.07 Å². The topological polar surface area (TPSA) is 26.3 Å². The van der Waals surface area contributed by atoms with Gasteiger partial charge in [-0.1, -0.05) is 19.9 Å². The molecule has 1 aromatic carbocycles. The molecule has 0 saturated heterocycles. The lowest BCUT2D eigenvalue weighted by Crippen LogP contribution is -2.56. The van der Waals surface area contributed by atoms with Gasteiger partial charge in [0.05, 0.1) is 5.41 Å². The van der Waals surface area contributed by atoms with Crippen molar-refractivity contribution in [1.29, 1.82) is 0 Å². The van der Waals surface area contributed by atoms with Gasteiger partial charge in [0, 0.05) is 6.42 Å². The maximum absolute atomic E-state index is 13.5. The molecule has 0 radical (unpaired) electrons. The van der Waals surface area contributed by atoms with Crippen LogP contribution in [0.3, 0.4) is 0 Å². The number of hydrogen-bond acceptors (Lipinski definition) is 2. The first kappa shape index (κ1) is 13.0. The quantitative estimate of drug-likeness (QED) is 0.822. The van der Waals surface area contributed by atoms with Crippen molar-refractivity contribution in [2.75, 3.05) is 0 Å². The van der Waals surface area contributed by atoms with Gasteiger partial charge >= 0.3 is 0 Å². The third-order valence-electron chi connectivity index (χ3n) is 3.99. The molecule has 1 atom stereocenters. The lowest BCUT2D eigenvalue weighted by molar-refractivity contribution is -0.153. The highest BCUT2D eigenvalue weighted by Gasteiger charge is 2.54. The van der Waals surface area contributed by atoms with E-state index in [1.54, 1.807) is 0 Å². The Morgan fingerprint density at radius 2 is 2.00 bits per heavy atom. The number of ether oxygens (including phenoxy) is 1. The van der Waals surface area contributed by atoms with Crippen LogP contribution in [-0.2, 0) is 4.79 Å². The van der Waals surface area contributed by atoms with Crippen molar-refractivity contribution in [3.8, 4) is 5.75 Å². The van der Waals surface area contributed by atoms with E-state index < -0.39 is 17.0 Å². The van der Waals surface area contributed by atoms with Gasteiger partial charge in [-0.05, 0) is 25.0 Å². The summed E-state index contributed by atoms with van der Waals surface area (Å²) in [6, 6.07) is 3.83. The van der Waals surface area contributed by atoms with Gasteiger partial charge in [0.2, 0.25) is 5.82 Å². The van der Waals surface area contributed by atoms with Crippen molar-refractivity contribution in [3.05, 3.63) is 29.8 Å². The zero-order valence-corrected chi connectivity index (χ0v) is 10.5. The second-order valence-electron chi connectivity index (χ2n) is 4.65. The Kier molecular flexibility index (Phi) is 3.37. The fourth-order valence-corrected chi connectivity index (χ4v) is 2.60. The molecule has 1 aliphatic rings. The standard InChI is InChI=1S/C14H16F2O2/c1-3-14(4-2)11(17)8-12(14)18-10-7-5-6-9(15)13(10)16/h5-7,12H,3-4,8H2,1-2H3. The number of halogens is 2. The molecule has 0 heterocycles. The zero-order valence-electron chi connectivity index (χ0n) is 10.5. The fourth-order valence-electron chi connectivity index (χ4n) is 2.60. The molecule has 4 heteroatoms. The summed E-state index contributed by atoms with van der Waals surface area (Å²) in [7, 11) is 0. The Bertz CT molecular complexity index is 467. The van der Waals surface area contributed by atoms with E-state index in [-0.39, 0.29) is 24.1 Å². The number of carbonyl (C=O) groups is 1. The fraction of sp³-hybridized carbons (Fsp3) is 0.500. The van der Waals surface area contributed by atoms with E-state index in [9.17, 15) is 13.6 Å². The molecular formula is C14H16F2O2. The summed E-state index contributed by atoms with van der Waals surface area (Å²) < 4.78 is 32.1. The first-order valence-electron chi connectivity index (χ1n) is 6.19. The van der Waals surface area contributed by atoms with Gasteiger partial charge in [0.1, 0.15) is 11.9 Å². The smallest absolute Gasteiger partial charge is 0.200 e. The highest BCUT2D eigenvalue weighted by molar-refractivity contribution is 5.92. The number of ketones is 1. The van der Waals surface area contributed by atoms with E-state index in [4.69, 9.17) is 4.74 Å². The number of carbonyl (C=O) groups excluding carboxylic acids is 1. The van der Waals surface area contributed by atoms with Crippen LogP contribution in [0.2, 0.25) is 0 Å². The minimum absolute atomic E-state index is 0.112. The van der Waals surface area contributed by atoms with Crippen LogP contribution >= 0.6 is 0 Å². The third kappa shape index (κ3) is 1.80. The summed E-state index contributed by atoms with van der Waals surface area (Å²) >= 11 is 0. The van der Waals surface area contributed by atoms with Crippen LogP contribution in [0.4, 0.5) is 8.78 Å². The minimum Gasteiger partial charge on any atom is -0.486 e. The Morgan fingerprint density at radius 3 is 2.56 bits per heavy atom. The largest absolute Gasteiger partial charge is 0.486 e. The molecule has 1 fully saturated rings. The van der Waals surface area contributed by atoms with Crippen LogP contribution in [0.25, 0.3) is 0 Å². The Morgan fingerprint density at radius 1 is 1.33 bits per heavy atom. The second kappa shape index (κ2) is 4.67. The molecule has 18 heavy (non-hydrogen) atoms. The molecule has 1 unspecified atom stereocenters. The minimum atomic E-state index is -0.988. The molecule has 0 aromatic heterocycles. The Balaban J connectivity index is 2.20. The lowest BCUT2D eigenvalue weighted by Gasteiger charge is -2.46. The van der Waals surface area contributed by atoms with Gasteiger partial charge in [-0.2, -0.15) is 4.39 Å². The molecule has 98 valence electrons. The highest BCUT2D eigenvalue weighted by atomic mass is 19.2. The van der Waals surface area contributed by atoms with Gasteiger partial charge in [0.25, 0.3) is 0 Å². The molecule has 0 spiro atoms. The average Bonchev–Trinajstić information content (AvgIpc) is 2.36. The maximum atomic E-state index is 13.5. The molecule has 1 aliphatic carbocycles. The molecule has 2 rings (SSSR count). The predicted octanol–water partition coefficient (Wildman–Crippen LogP) is 3.49. The molecule has 0 aliphatic heterocycles. The van der Waals surface area contributed by atoms with Gasteiger partial charge in [-0.25, -0.2) is 4.39 Å². The van der Waals surface area contributed by atoms with Crippen molar-refractivity contribution in [1.82, 2.24) is 0 Å². The molecule has 0 N–H and O–H groups in total. The van der Waals surface area contributed by atoms with Crippen molar-refractivity contribution in [2.45, 2.75) is 39.2 Å². The maximum Gasteiger partial charge on any atom is 0.200 e. The SMILES string of the molecule is CCC1(CC)C(=O)CC1Oc1cccc(F)c1F. The number of rotatable bonds is 4. The van der Waals surface area contributed by atoms with Crippen LogP contribution < -0.4 is 4.74 Å². The van der Waals surface area contributed by atoms with Crippen LogP contribution in [-0.4, -0.2) is 11.9 Å². The van der Waals surface area contributed by atoms with Crippen LogP contribution in [0.1, 0.15) is 33.1 Å². The van der Waals surface area contributed by atoms with Gasteiger partial charge in [-0.3, -0.25) is 4.79 Å². The van der Waals surface area contributed by atoms with E-state index in [0.29, 0.717) is 12.8 Å². The van der Waals surface area contributed by atoms with Gasteiger partial charge in [0.15, 0.2) is 11.6 Å². The summed E-state index contributed by atoms with van der Waals surface area (Å²) in [4.78, 5) is 11.7. The van der Waals surface area contributed by atoms with E-state index in [1.165, 1.54) is 12.1 Å². The Hall–Kier alpha value is -1.45. The molecule has 1 saturated carbocycles. The Labute approximate surface area is 105 Å². The molecule has 0 bridgehead atoms. The normalized spacial score (nSPS) is 21.6. The third-order valence-corrected chi connectivity index (χ3v) is 3.99. The van der Waals surface area contributed by atoms with Crippen molar-refractivity contribution in [3.63, 3.8) is 0 Å². The summed E-state index contributed by atoms with van der Waals surface area (Å²) in [6.45, 7) is 3.83. The average molecular weight is 254 g/mol. The molecule has 2 nitrogen and oxygen atoms in total. The number of benzene rings is 1. The first-order chi connectivity index (χ1) is 8.55. The number of hydrogen-bond donors (Lipinski definition) is 0. The second-order valence-corrected chi connectivity index (χ2v) is 4.65. The zero-order chi connectivity index (χ0) is 13.3. The van der Waals surface area contributed by atoms with Crippen molar-refractivity contribution in [2.24, 2.45) is 5.41 Å². The predicted molar refractivity (Wildman–Crippen MR) is 63.4 cm³/mol. The van der Waals surface area contributed by atoms with E-state index in [2.05, 4.69) is 0 Å². The summed E-state index contributed by atoms with van der Waals surface area (Å²) in [6.07, 6.45) is 1.24. The first-order valence-corrected chi connectivity index (χ1v) is 6.19. The van der Waals surface area contributed by atoms with E-state index >= 15 is 0 Å². The summed E-state index contributed by atoms with van der Waals surface area (Å²) in [5, 5.41) is 0. The van der Waals surface area contributed by atoms with Gasteiger partial charge in [-0.15, -0.1) is 0 Å². The van der Waals surface area contributed by atoms with E-state index in [1.807, 2.05) is 13.8 Å². The van der Waals surface area contributed by atoms with Crippen LogP contribution in [0, 0.1) is 17.0 Å². The molecule has 1 aromatic rings.